The first kappa shape index (κ1) is 15.5. The molecule has 0 amide bonds. The van der Waals surface area contributed by atoms with Gasteiger partial charge in [0.25, 0.3) is 0 Å². The van der Waals surface area contributed by atoms with Crippen LogP contribution in [0.5, 0.6) is 0 Å². The van der Waals surface area contributed by atoms with Crippen LogP contribution in [0.2, 0.25) is 0 Å². The van der Waals surface area contributed by atoms with Crippen molar-refractivity contribution in [2.24, 2.45) is 0 Å². The lowest BCUT2D eigenvalue weighted by atomic mass is 9.88. The van der Waals surface area contributed by atoms with Gasteiger partial charge < -0.3 is 10.3 Å². The molecule has 1 atom stereocenters. The Bertz CT molecular complexity index is 923. The number of benzene rings is 2. The summed E-state index contributed by atoms with van der Waals surface area (Å²) in [6, 6.07) is 9.48. The number of H-pyrrole nitrogens is 1. The zero-order chi connectivity index (χ0) is 17.0. The number of aromatic nitrogens is 1. The SMILES string of the molecule is Cc1cc(C)c(C2NCCc3c2[nH]c2c(C)cc(C)cc32)c(C)c1. The van der Waals surface area contributed by atoms with Gasteiger partial charge in [-0.15, -0.1) is 0 Å². The maximum absolute atomic E-state index is 3.77. The van der Waals surface area contributed by atoms with E-state index < -0.39 is 0 Å². The molecule has 0 spiro atoms. The highest BCUT2D eigenvalue weighted by molar-refractivity contribution is 5.88. The molecule has 4 rings (SSSR count). The molecule has 0 saturated heterocycles. The average Bonchev–Trinajstić information content (AvgIpc) is 2.86. The predicted molar refractivity (Wildman–Crippen MR) is 102 cm³/mol. The maximum atomic E-state index is 3.77. The minimum Gasteiger partial charge on any atom is -0.356 e. The second kappa shape index (κ2) is 5.49. The molecular formula is C22H26N2. The van der Waals surface area contributed by atoms with E-state index in [-0.39, 0.29) is 6.04 Å². The molecule has 2 N–H and O–H groups in total. The molecule has 0 saturated carbocycles. The number of fused-ring (bicyclic) bond motifs is 3. The highest BCUT2D eigenvalue weighted by Crippen LogP contribution is 2.37. The first-order valence-electron chi connectivity index (χ1n) is 8.88. The van der Waals surface area contributed by atoms with Gasteiger partial charge in [0.15, 0.2) is 0 Å². The number of nitrogens with one attached hydrogen (secondary N) is 2. The van der Waals surface area contributed by atoms with E-state index in [0.717, 1.165) is 13.0 Å². The molecule has 24 heavy (non-hydrogen) atoms. The first-order chi connectivity index (χ1) is 11.5. The van der Waals surface area contributed by atoms with Crippen LogP contribution in [0.15, 0.2) is 24.3 Å². The van der Waals surface area contributed by atoms with Gasteiger partial charge >= 0.3 is 0 Å². The number of rotatable bonds is 1. The van der Waals surface area contributed by atoms with E-state index in [4.69, 9.17) is 0 Å². The third-order valence-electron chi connectivity index (χ3n) is 5.43. The van der Waals surface area contributed by atoms with Crippen LogP contribution >= 0.6 is 0 Å². The largest absolute Gasteiger partial charge is 0.356 e. The summed E-state index contributed by atoms with van der Waals surface area (Å²) in [6.45, 7) is 12.1. The standard InChI is InChI=1S/C22H26N2/c1-12-8-14(3)19(15(4)9-12)22-21-17(6-7-23-22)18-11-13(2)10-16(5)20(18)24-21/h8-11,22-24H,6-7H2,1-5H3. The molecule has 1 aliphatic rings. The maximum Gasteiger partial charge on any atom is 0.0737 e. The summed E-state index contributed by atoms with van der Waals surface area (Å²) in [5.41, 5.74) is 12.4. The minimum absolute atomic E-state index is 0.265. The lowest BCUT2D eigenvalue weighted by molar-refractivity contribution is 0.556. The molecule has 1 aliphatic heterocycles. The summed E-state index contributed by atoms with van der Waals surface area (Å²) in [7, 11) is 0. The van der Waals surface area contributed by atoms with Crippen LogP contribution in [-0.2, 0) is 6.42 Å². The molecule has 2 nitrogen and oxygen atoms in total. The fourth-order valence-electron chi connectivity index (χ4n) is 4.58. The fourth-order valence-corrected chi connectivity index (χ4v) is 4.58. The monoisotopic (exact) mass is 318 g/mol. The smallest absolute Gasteiger partial charge is 0.0737 e. The topological polar surface area (TPSA) is 27.8 Å². The summed E-state index contributed by atoms with van der Waals surface area (Å²) < 4.78 is 0. The van der Waals surface area contributed by atoms with Crippen molar-refractivity contribution in [3.8, 4) is 0 Å². The lowest BCUT2D eigenvalue weighted by Gasteiger charge is -2.28. The highest BCUT2D eigenvalue weighted by Gasteiger charge is 2.27. The van der Waals surface area contributed by atoms with E-state index in [1.807, 2.05) is 0 Å². The molecule has 0 fully saturated rings. The molecule has 0 radical (unpaired) electrons. The van der Waals surface area contributed by atoms with Crippen molar-refractivity contribution in [1.82, 2.24) is 10.3 Å². The van der Waals surface area contributed by atoms with Gasteiger partial charge in [-0.1, -0.05) is 29.3 Å². The average molecular weight is 318 g/mol. The minimum atomic E-state index is 0.265. The van der Waals surface area contributed by atoms with Crippen LogP contribution in [0.3, 0.4) is 0 Å². The summed E-state index contributed by atoms with van der Waals surface area (Å²) >= 11 is 0. The van der Waals surface area contributed by atoms with Crippen molar-refractivity contribution in [2.45, 2.75) is 47.1 Å². The fraction of sp³-hybridized carbons (Fsp3) is 0.364. The normalized spacial score (nSPS) is 17.3. The van der Waals surface area contributed by atoms with E-state index in [9.17, 15) is 0 Å². The molecule has 1 aromatic heterocycles. The molecule has 2 heterocycles. The van der Waals surface area contributed by atoms with Crippen LogP contribution < -0.4 is 5.32 Å². The Kier molecular flexibility index (Phi) is 3.54. The van der Waals surface area contributed by atoms with E-state index >= 15 is 0 Å². The summed E-state index contributed by atoms with van der Waals surface area (Å²) in [5.74, 6) is 0. The molecule has 2 heteroatoms. The Morgan fingerprint density at radius 3 is 2.17 bits per heavy atom. The second-order valence-corrected chi connectivity index (χ2v) is 7.47. The van der Waals surface area contributed by atoms with Gasteiger partial charge in [-0.25, -0.2) is 0 Å². The summed E-state index contributed by atoms with van der Waals surface area (Å²) in [4.78, 5) is 3.77. The van der Waals surface area contributed by atoms with Crippen molar-refractivity contribution in [2.75, 3.05) is 6.54 Å². The van der Waals surface area contributed by atoms with E-state index in [2.05, 4.69) is 69.2 Å². The molecule has 0 bridgehead atoms. The van der Waals surface area contributed by atoms with Crippen molar-refractivity contribution in [1.29, 1.82) is 0 Å². The van der Waals surface area contributed by atoms with E-state index in [1.54, 1.807) is 0 Å². The second-order valence-electron chi connectivity index (χ2n) is 7.47. The number of hydrogen-bond acceptors (Lipinski definition) is 1. The third-order valence-corrected chi connectivity index (χ3v) is 5.43. The van der Waals surface area contributed by atoms with Gasteiger partial charge in [0.05, 0.1) is 6.04 Å². The molecule has 3 aromatic rings. The Balaban J connectivity index is 1.96. The van der Waals surface area contributed by atoms with Crippen LogP contribution in [0.25, 0.3) is 10.9 Å². The van der Waals surface area contributed by atoms with Crippen LogP contribution in [0.1, 0.15) is 50.7 Å². The Morgan fingerprint density at radius 1 is 0.833 bits per heavy atom. The molecular weight excluding hydrogens is 292 g/mol. The van der Waals surface area contributed by atoms with Gasteiger partial charge in [0, 0.05) is 23.1 Å². The summed E-state index contributed by atoms with van der Waals surface area (Å²) in [6.07, 6.45) is 1.10. The molecule has 1 unspecified atom stereocenters. The van der Waals surface area contributed by atoms with Crippen molar-refractivity contribution in [3.05, 3.63) is 68.9 Å². The Labute approximate surface area is 144 Å². The third kappa shape index (κ3) is 2.29. The molecule has 2 aromatic carbocycles. The summed E-state index contributed by atoms with van der Waals surface area (Å²) in [5, 5.41) is 5.17. The van der Waals surface area contributed by atoms with Gasteiger partial charge in [0.1, 0.15) is 0 Å². The van der Waals surface area contributed by atoms with Crippen LogP contribution in [0.4, 0.5) is 0 Å². The lowest BCUT2D eigenvalue weighted by Crippen LogP contribution is -2.31. The zero-order valence-electron chi connectivity index (χ0n) is 15.3. The van der Waals surface area contributed by atoms with E-state index in [1.165, 1.54) is 55.5 Å². The Morgan fingerprint density at radius 2 is 1.46 bits per heavy atom. The van der Waals surface area contributed by atoms with Gasteiger partial charge in [0.2, 0.25) is 0 Å². The molecule has 0 aliphatic carbocycles. The van der Waals surface area contributed by atoms with Gasteiger partial charge in [-0.3, -0.25) is 0 Å². The highest BCUT2D eigenvalue weighted by atomic mass is 15.0. The number of hydrogen-bond donors (Lipinski definition) is 2. The van der Waals surface area contributed by atoms with E-state index in [0.29, 0.717) is 0 Å². The first-order valence-corrected chi connectivity index (χ1v) is 8.88. The van der Waals surface area contributed by atoms with Gasteiger partial charge in [-0.2, -0.15) is 0 Å². The van der Waals surface area contributed by atoms with Crippen molar-refractivity contribution in [3.63, 3.8) is 0 Å². The number of aromatic amines is 1. The van der Waals surface area contributed by atoms with Crippen molar-refractivity contribution >= 4 is 10.9 Å². The quantitative estimate of drug-likeness (QED) is 0.653. The van der Waals surface area contributed by atoms with Crippen LogP contribution in [-0.4, -0.2) is 11.5 Å². The Hall–Kier alpha value is -2.06. The molecule has 124 valence electrons. The van der Waals surface area contributed by atoms with Crippen molar-refractivity contribution < 1.29 is 0 Å². The predicted octanol–water partition coefficient (Wildman–Crippen LogP) is 4.95. The number of aryl methyl sites for hydroxylation is 5. The zero-order valence-corrected chi connectivity index (χ0v) is 15.3. The van der Waals surface area contributed by atoms with Crippen LogP contribution in [0, 0.1) is 34.6 Å². The van der Waals surface area contributed by atoms with Gasteiger partial charge in [-0.05, 0) is 74.9 Å².